The second kappa shape index (κ2) is 41.2. The molecule has 0 saturated carbocycles. The van der Waals surface area contributed by atoms with E-state index in [4.69, 9.17) is 18.9 Å². The molecule has 0 radical (unpaired) electrons. The zero-order chi connectivity index (χ0) is 82.6. The van der Waals surface area contributed by atoms with Gasteiger partial charge in [0.05, 0.1) is 32.7 Å². The van der Waals surface area contributed by atoms with E-state index in [2.05, 4.69) is 249 Å². The highest BCUT2D eigenvalue weighted by molar-refractivity contribution is 8.01. The summed E-state index contributed by atoms with van der Waals surface area (Å²) in [5.41, 5.74) is 0.175. The maximum atomic E-state index is 13.5. The second-order valence-electron chi connectivity index (χ2n) is 27.1. The molecule has 0 aliphatic heterocycles. The van der Waals surface area contributed by atoms with Crippen molar-refractivity contribution in [3.8, 4) is 23.0 Å². The van der Waals surface area contributed by atoms with Gasteiger partial charge in [0.1, 0.15) is 23.0 Å². The van der Waals surface area contributed by atoms with Crippen molar-refractivity contribution in [2.45, 2.75) is 99.9 Å². The van der Waals surface area contributed by atoms with Gasteiger partial charge in [-0.15, -0.1) is 22.7 Å². The van der Waals surface area contributed by atoms with Gasteiger partial charge in [-0.2, -0.15) is 0 Å². The summed E-state index contributed by atoms with van der Waals surface area (Å²) < 4.78 is 25.7. The van der Waals surface area contributed by atoms with Crippen molar-refractivity contribution in [3.63, 3.8) is 0 Å². The highest BCUT2D eigenvalue weighted by atomic mass is 32.2. The third-order valence-corrected chi connectivity index (χ3v) is 33.0. The van der Waals surface area contributed by atoms with Gasteiger partial charge in [0.2, 0.25) is 0 Å². The number of phenols is 2. The fourth-order valence-corrected chi connectivity index (χ4v) is 25.6. The van der Waals surface area contributed by atoms with Gasteiger partial charge in [-0.05, 0) is 316 Å². The quantitative estimate of drug-likeness (QED) is 0.0232. The first-order valence-electron chi connectivity index (χ1n) is 38.8. The van der Waals surface area contributed by atoms with Crippen LogP contribution in [-0.2, 0) is 42.2 Å². The number of ether oxygens (including phenoxy) is 4. The number of aromatic hydroxyl groups is 2. The fraction of sp³-hybridized carbons (Fsp3) is 0.0485. The van der Waals surface area contributed by atoms with Gasteiger partial charge >= 0.3 is 0 Å². The van der Waals surface area contributed by atoms with Crippen LogP contribution in [0.4, 0.5) is 0 Å². The molecule has 0 aliphatic carbocycles. The second-order valence-corrected chi connectivity index (χ2v) is 41.1. The van der Waals surface area contributed by atoms with Crippen LogP contribution in [0.2, 0.25) is 0 Å². The lowest BCUT2D eigenvalue weighted by Gasteiger charge is -2.11. The van der Waals surface area contributed by atoms with Crippen molar-refractivity contribution >= 4 is 155 Å². The van der Waals surface area contributed by atoms with Gasteiger partial charge in [-0.3, -0.25) is 9.59 Å². The van der Waals surface area contributed by atoms with Gasteiger partial charge < -0.3 is 29.2 Å². The summed E-state index contributed by atoms with van der Waals surface area (Å²) in [5.74, 6) is 2.08. The Morgan fingerprint density at radius 3 is 0.909 bits per heavy atom. The molecule has 2 atom stereocenters. The lowest BCUT2D eigenvalue weighted by atomic mass is 10.2. The lowest BCUT2D eigenvalue weighted by molar-refractivity contribution is 0.0224. The highest BCUT2D eigenvalue weighted by Gasteiger charge is 2.33. The summed E-state index contributed by atoms with van der Waals surface area (Å²) in [6.07, 6.45) is 0. The monoisotopic (exact) mass is 1760 g/mol. The van der Waals surface area contributed by atoms with Crippen molar-refractivity contribution in [1.82, 2.24) is 0 Å². The maximum Gasteiger partial charge on any atom is 0.196 e. The molecule has 0 bridgehead atoms. The Bertz CT molecular complexity index is 6530. The summed E-state index contributed by atoms with van der Waals surface area (Å²) in [5, 5.41) is 22.6. The smallest absolute Gasteiger partial charge is 0.196 e. The van der Waals surface area contributed by atoms with Crippen LogP contribution in [0.5, 0.6) is 23.0 Å². The van der Waals surface area contributed by atoms with E-state index in [1.54, 1.807) is 113 Å². The Labute approximate surface area is 741 Å². The molecule has 2 aromatic heterocycles. The molecule has 2 heterocycles. The van der Waals surface area contributed by atoms with E-state index >= 15 is 0 Å². The SMILES string of the molecule is CCOCOc1ccc([S+](c2ccc(OCOC)cc2)c2ccc(Sc3ccc(Sc4ccccc4)cc3)cc2)cc1.O=c1c2ccccc2sc2ccc(Sc3ccc([S+](c4ccccc4)c4ccc5sc6ccccc6c(=O)c5c4)cc3)cc12.Oc1ccc([S+](c2ccc(O)cc2)c2ccc(Sc3ccc(Sc4ccccc4)cc3)cc2)cc1. The molecule has 0 spiro atoms. The highest BCUT2D eigenvalue weighted by Crippen LogP contribution is 2.42. The zero-order valence-corrected chi connectivity index (χ0v) is 73.7. The molecule has 121 heavy (non-hydrogen) atoms. The Kier molecular flexibility index (Phi) is 28.5. The summed E-state index contributed by atoms with van der Waals surface area (Å²) >= 11 is 12.0. The van der Waals surface area contributed by atoms with E-state index in [1.165, 1.54) is 68.5 Å². The van der Waals surface area contributed by atoms with Crippen LogP contribution in [0.3, 0.4) is 0 Å². The number of methoxy groups -OCH3 is 1. The van der Waals surface area contributed by atoms with Crippen molar-refractivity contribution in [2.24, 2.45) is 0 Å². The van der Waals surface area contributed by atoms with E-state index in [1.807, 2.05) is 128 Å². The minimum atomic E-state index is -0.386. The van der Waals surface area contributed by atoms with Crippen LogP contribution >= 0.6 is 81.5 Å². The van der Waals surface area contributed by atoms with Gasteiger partial charge in [0, 0.05) is 109 Å². The summed E-state index contributed by atoms with van der Waals surface area (Å²) in [6.45, 7) is 3.05. The molecule has 2 N–H and O–H groups in total. The molecule has 0 saturated heterocycles. The van der Waals surface area contributed by atoms with E-state index < -0.39 is 0 Å². The third kappa shape index (κ3) is 21.8. The summed E-state index contributed by atoms with van der Waals surface area (Å²) in [4.78, 5) is 49.2. The van der Waals surface area contributed by atoms with Gasteiger partial charge in [0.25, 0.3) is 0 Å². The van der Waals surface area contributed by atoms with Gasteiger partial charge in [0.15, 0.2) is 68.5 Å². The molecule has 18 aromatic rings. The van der Waals surface area contributed by atoms with Crippen molar-refractivity contribution < 1.29 is 29.2 Å². The van der Waals surface area contributed by atoms with E-state index in [9.17, 15) is 19.8 Å². The van der Waals surface area contributed by atoms with Crippen LogP contribution in [-0.4, -0.2) is 37.5 Å². The zero-order valence-electron chi connectivity index (χ0n) is 65.6. The lowest BCUT2D eigenvalue weighted by Crippen LogP contribution is -2.07. The number of hydrogen-bond donors (Lipinski definition) is 2. The van der Waals surface area contributed by atoms with Crippen molar-refractivity contribution in [1.29, 1.82) is 0 Å². The standard InChI is InChI=1S/C38H23O2S4.C35H33O4S3.C30H22O2S3/c39-37-29-10-4-6-12-33(29)42-35-20-16-25(22-31(35)37)41-24-14-17-27(18-15-24)44(26-8-2-1-3-9-26)28-19-21-36-32(23-28)38(40)30-11-5-7-13-34(30)43-36;1-3-37-26-39-28-11-21-34(22-12-28)42(33-19-9-27(10-20-33)38-25-36-2)35-23-17-32(18-24-35)41-31-15-13-30(14-16-31)40-29-7-5-4-6-8-29;31-22-6-16-28(17-7-22)35(29-18-8-23(32)9-19-29)30-20-14-27(15-21-30)34-26-12-10-25(11-13-26)33-24-4-2-1-3-5-24/h1-23H;4-24H,3,25-26H2,1-2H3;1-21H,(H-,31,32)/q2*+1;/p+1. The molecule has 8 nitrogen and oxygen atoms in total. The number of phenolic OH excluding ortho intramolecular Hbond substituents is 2. The molecule has 18 rings (SSSR count). The van der Waals surface area contributed by atoms with Crippen LogP contribution in [0.15, 0.2) is 497 Å². The summed E-state index contributed by atoms with van der Waals surface area (Å²) in [6, 6.07) is 135. The normalized spacial score (nSPS) is 11.7. The van der Waals surface area contributed by atoms with E-state index in [-0.39, 0.29) is 68.6 Å². The molecular formula is C103H79O8S10+3. The predicted octanol–water partition coefficient (Wildman–Crippen LogP) is 28.3. The minimum absolute atomic E-state index is 0.0875. The van der Waals surface area contributed by atoms with Crippen LogP contribution in [0, 0.1) is 0 Å². The Morgan fingerprint density at radius 1 is 0.264 bits per heavy atom. The Hall–Kier alpha value is -10.8. The molecule has 0 aliphatic rings. The first kappa shape index (κ1) is 83.9. The largest absolute Gasteiger partial charge is 0.508 e. The average molecular weight is 1770 g/mol. The number of hydrogen-bond acceptors (Lipinski definition) is 15. The van der Waals surface area contributed by atoms with Gasteiger partial charge in [-0.1, -0.05) is 138 Å². The molecule has 18 heteroatoms. The van der Waals surface area contributed by atoms with Gasteiger partial charge in [-0.25, -0.2) is 0 Å². The number of benzene rings is 16. The van der Waals surface area contributed by atoms with Crippen LogP contribution < -0.4 is 20.3 Å². The van der Waals surface area contributed by atoms with Crippen molar-refractivity contribution in [2.75, 3.05) is 27.3 Å². The molecular weight excluding hydrogens is 1690 g/mol. The minimum Gasteiger partial charge on any atom is -0.508 e. The van der Waals surface area contributed by atoms with E-state index in [0.29, 0.717) is 6.61 Å². The average Bonchev–Trinajstić information content (AvgIpc) is 0.769. The topological polar surface area (TPSA) is 112 Å². The van der Waals surface area contributed by atoms with Crippen molar-refractivity contribution in [3.05, 3.63) is 415 Å². The Morgan fingerprint density at radius 2 is 0.529 bits per heavy atom. The maximum absolute atomic E-state index is 13.5. The molecule has 16 aromatic carbocycles. The molecule has 0 amide bonds. The first-order chi connectivity index (χ1) is 59.5. The first-order valence-corrected chi connectivity index (χ1v) is 48.2. The number of rotatable bonds is 26. The van der Waals surface area contributed by atoms with Crippen LogP contribution in [0.1, 0.15) is 6.92 Å². The number of fused-ring (bicyclic) bond motifs is 4. The Balaban J connectivity index is 0.000000136. The molecule has 0 fully saturated rings. The molecule has 596 valence electrons. The fourth-order valence-electron chi connectivity index (χ4n) is 13.1. The van der Waals surface area contributed by atoms with Crippen LogP contribution in [0.25, 0.3) is 40.3 Å². The molecule has 2 unspecified atom stereocenters. The predicted molar refractivity (Wildman–Crippen MR) is 509 cm³/mol. The summed E-state index contributed by atoms with van der Waals surface area (Å²) in [7, 11) is 0.585. The van der Waals surface area contributed by atoms with E-state index in [0.717, 1.165) is 76.3 Å². The third-order valence-electron chi connectivity index (χ3n) is 18.9.